The summed E-state index contributed by atoms with van der Waals surface area (Å²) < 4.78 is 16.0. The fourth-order valence-electron chi connectivity index (χ4n) is 2.20. The number of aromatic amines is 1. The summed E-state index contributed by atoms with van der Waals surface area (Å²) in [5, 5.41) is 6.64. The number of methoxy groups -OCH3 is 1. The summed E-state index contributed by atoms with van der Waals surface area (Å²) in [5.74, 6) is 1.86. The number of ether oxygens (including phenoxy) is 2. The topological polar surface area (TPSA) is 90.2 Å². The molecule has 0 saturated carbocycles. The largest absolute Gasteiger partial charge is 0.485 e. The van der Waals surface area contributed by atoms with Gasteiger partial charge in [-0.3, -0.25) is 5.10 Å². The predicted octanol–water partition coefficient (Wildman–Crippen LogP) is 2.74. The van der Waals surface area contributed by atoms with Gasteiger partial charge < -0.3 is 13.9 Å². The van der Waals surface area contributed by atoms with Gasteiger partial charge in [-0.25, -0.2) is 9.78 Å². The highest BCUT2D eigenvalue weighted by Gasteiger charge is 2.16. The van der Waals surface area contributed by atoms with E-state index in [2.05, 4.69) is 15.2 Å². The molecule has 2 heterocycles. The number of nitrogens with zero attached hydrogens (tertiary/aromatic N) is 2. The molecule has 0 fully saturated rings. The molecule has 0 aliphatic heterocycles. The van der Waals surface area contributed by atoms with Crippen molar-refractivity contribution in [3.05, 3.63) is 53.7 Å². The Kier molecular flexibility index (Phi) is 4.09. The fraction of sp³-hybridized carbons (Fsp3) is 0.188. The number of H-pyrrole nitrogens is 1. The number of para-hydroxylation sites is 1. The van der Waals surface area contributed by atoms with Crippen LogP contribution in [0.3, 0.4) is 0 Å². The van der Waals surface area contributed by atoms with Crippen LogP contribution in [0.1, 0.15) is 21.9 Å². The molecule has 0 aliphatic rings. The molecule has 3 aromatic rings. The zero-order valence-corrected chi connectivity index (χ0v) is 12.7. The van der Waals surface area contributed by atoms with Gasteiger partial charge in [0.25, 0.3) is 0 Å². The predicted molar refractivity (Wildman–Crippen MR) is 80.9 cm³/mol. The Bertz CT molecular complexity index is 809. The zero-order chi connectivity index (χ0) is 16.2. The van der Waals surface area contributed by atoms with Crippen LogP contribution in [0, 0.1) is 6.92 Å². The molecule has 1 N–H and O–H groups in total. The van der Waals surface area contributed by atoms with Gasteiger partial charge in [0.2, 0.25) is 0 Å². The molecule has 0 bridgehead atoms. The van der Waals surface area contributed by atoms with Crippen molar-refractivity contribution >= 4 is 5.97 Å². The number of hydrogen-bond acceptors (Lipinski definition) is 6. The fourth-order valence-corrected chi connectivity index (χ4v) is 2.20. The average molecular weight is 313 g/mol. The van der Waals surface area contributed by atoms with Gasteiger partial charge in [-0.05, 0) is 25.1 Å². The van der Waals surface area contributed by atoms with E-state index in [9.17, 15) is 4.79 Å². The van der Waals surface area contributed by atoms with Crippen molar-refractivity contribution in [3.8, 4) is 17.1 Å². The van der Waals surface area contributed by atoms with Gasteiger partial charge in [0.05, 0.1) is 12.7 Å². The highest BCUT2D eigenvalue weighted by Crippen LogP contribution is 2.27. The second kappa shape index (κ2) is 6.35. The number of carbonyl (C=O) groups excluding carboxylic acids is 1. The van der Waals surface area contributed by atoms with E-state index in [1.54, 1.807) is 13.0 Å². The Morgan fingerprint density at radius 3 is 2.91 bits per heavy atom. The first-order valence-corrected chi connectivity index (χ1v) is 6.94. The second-order valence-corrected chi connectivity index (χ2v) is 4.79. The maximum absolute atomic E-state index is 11.6. The number of nitrogens with one attached hydrogen (secondary N) is 1. The first-order chi connectivity index (χ1) is 11.2. The van der Waals surface area contributed by atoms with E-state index >= 15 is 0 Å². The molecule has 0 saturated heterocycles. The van der Waals surface area contributed by atoms with Gasteiger partial charge in [-0.2, -0.15) is 5.10 Å². The molecule has 0 atom stereocenters. The van der Waals surface area contributed by atoms with E-state index < -0.39 is 5.97 Å². The Morgan fingerprint density at radius 1 is 1.35 bits per heavy atom. The van der Waals surface area contributed by atoms with Crippen LogP contribution in [0.15, 0.2) is 41.1 Å². The summed E-state index contributed by atoms with van der Waals surface area (Å²) >= 11 is 0. The second-order valence-electron chi connectivity index (χ2n) is 4.79. The number of hydrogen-bond donors (Lipinski definition) is 1. The van der Waals surface area contributed by atoms with Crippen molar-refractivity contribution in [2.24, 2.45) is 0 Å². The lowest BCUT2D eigenvalue weighted by Crippen LogP contribution is -2.01. The number of benzene rings is 1. The van der Waals surface area contributed by atoms with E-state index in [1.165, 1.54) is 13.4 Å². The maximum Gasteiger partial charge on any atom is 0.341 e. The molecule has 23 heavy (non-hydrogen) atoms. The van der Waals surface area contributed by atoms with Crippen LogP contribution in [-0.4, -0.2) is 28.3 Å². The number of furan rings is 1. The Labute approximate surface area is 132 Å². The molecular weight excluding hydrogens is 298 g/mol. The van der Waals surface area contributed by atoms with Crippen molar-refractivity contribution in [2.75, 3.05) is 7.11 Å². The lowest BCUT2D eigenvalue weighted by Gasteiger charge is -2.08. The van der Waals surface area contributed by atoms with Crippen molar-refractivity contribution in [1.82, 2.24) is 15.2 Å². The normalized spacial score (nSPS) is 10.5. The Balaban J connectivity index is 1.78. The molecule has 0 unspecified atom stereocenters. The molecule has 0 amide bonds. The first-order valence-electron chi connectivity index (χ1n) is 6.94. The van der Waals surface area contributed by atoms with Crippen LogP contribution in [0.2, 0.25) is 0 Å². The minimum absolute atomic E-state index is 0.184. The molecule has 7 heteroatoms. The lowest BCUT2D eigenvalue weighted by molar-refractivity contribution is 0.0599. The number of rotatable bonds is 5. The number of esters is 1. The van der Waals surface area contributed by atoms with E-state index in [0.29, 0.717) is 28.7 Å². The van der Waals surface area contributed by atoms with Gasteiger partial charge in [0.1, 0.15) is 35.8 Å². The van der Waals surface area contributed by atoms with Gasteiger partial charge in [0, 0.05) is 0 Å². The minimum Gasteiger partial charge on any atom is -0.485 e. The van der Waals surface area contributed by atoms with E-state index in [1.807, 2.05) is 24.3 Å². The molecule has 0 spiro atoms. The van der Waals surface area contributed by atoms with Crippen molar-refractivity contribution in [2.45, 2.75) is 13.5 Å². The highest BCUT2D eigenvalue weighted by atomic mass is 16.5. The summed E-state index contributed by atoms with van der Waals surface area (Å²) in [5.41, 5.74) is 1.19. The van der Waals surface area contributed by atoms with E-state index in [4.69, 9.17) is 13.9 Å². The number of carbonyl (C=O) groups is 1. The third-order valence-electron chi connectivity index (χ3n) is 3.30. The molecule has 118 valence electrons. The third-order valence-corrected chi connectivity index (χ3v) is 3.30. The van der Waals surface area contributed by atoms with Crippen molar-refractivity contribution in [3.63, 3.8) is 0 Å². The van der Waals surface area contributed by atoms with Crippen molar-refractivity contribution < 1.29 is 18.7 Å². The first kappa shape index (κ1) is 14.8. The smallest absolute Gasteiger partial charge is 0.341 e. The van der Waals surface area contributed by atoms with Gasteiger partial charge in [-0.15, -0.1) is 0 Å². The quantitative estimate of drug-likeness (QED) is 0.728. The van der Waals surface area contributed by atoms with Crippen LogP contribution >= 0.6 is 0 Å². The van der Waals surface area contributed by atoms with Crippen LogP contribution in [0.5, 0.6) is 5.75 Å². The Hall–Kier alpha value is -3.09. The maximum atomic E-state index is 11.6. The molecule has 7 nitrogen and oxygen atoms in total. The monoisotopic (exact) mass is 313 g/mol. The molecule has 1 aromatic carbocycles. The number of aryl methyl sites for hydroxylation is 1. The summed E-state index contributed by atoms with van der Waals surface area (Å²) in [6.45, 7) is 1.89. The van der Waals surface area contributed by atoms with E-state index in [-0.39, 0.29) is 6.61 Å². The summed E-state index contributed by atoms with van der Waals surface area (Å²) in [4.78, 5) is 15.7. The summed E-state index contributed by atoms with van der Waals surface area (Å²) in [7, 11) is 1.33. The molecule has 0 aliphatic carbocycles. The summed E-state index contributed by atoms with van der Waals surface area (Å²) in [6.07, 6.45) is 1.44. The van der Waals surface area contributed by atoms with Crippen molar-refractivity contribution in [1.29, 1.82) is 0 Å². The molecule has 0 radical (unpaired) electrons. The van der Waals surface area contributed by atoms with Gasteiger partial charge in [-0.1, -0.05) is 12.1 Å². The summed E-state index contributed by atoms with van der Waals surface area (Å²) in [6, 6.07) is 9.08. The van der Waals surface area contributed by atoms with Crippen LogP contribution in [-0.2, 0) is 11.3 Å². The van der Waals surface area contributed by atoms with Gasteiger partial charge in [0.15, 0.2) is 5.82 Å². The Morgan fingerprint density at radius 2 is 2.17 bits per heavy atom. The van der Waals surface area contributed by atoms with Gasteiger partial charge >= 0.3 is 5.97 Å². The lowest BCUT2D eigenvalue weighted by atomic mass is 10.2. The molecular formula is C16H15N3O4. The van der Waals surface area contributed by atoms with Crippen LogP contribution < -0.4 is 4.74 Å². The third kappa shape index (κ3) is 3.08. The SMILES string of the molecule is COC(=O)c1cc(COc2ccccc2-c2ncn[nH]2)oc1C. The highest BCUT2D eigenvalue weighted by molar-refractivity contribution is 5.90. The van der Waals surface area contributed by atoms with Crippen LogP contribution in [0.4, 0.5) is 0 Å². The number of aromatic nitrogens is 3. The van der Waals surface area contributed by atoms with E-state index in [0.717, 1.165) is 5.56 Å². The molecule has 3 rings (SSSR count). The van der Waals surface area contributed by atoms with Crippen LogP contribution in [0.25, 0.3) is 11.4 Å². The zero-order valence-electron chi connectivity index (χ0n) is 12.7. The standard InChI is InChI=1S/C16H15N3O4/c1-10-13(16(20)21-2)7-11(23-10)8-22-14-6-4-3-5-12(14)15-17-9-18-19-15/h3-7,9H,8H2,1-2H3,(H,17,18,19). The average Bonchev–Trinajstić information content (AvgIpc) is 3.22. The molecule has 2 aromatic heterocycles. The minimum atomic E-state index is -0.431.